The lowest BCUT2D eigenvalue weighted by Crippen LogP contribution is -2.15. The van der Waals surface area contributed by atoms with E-state index in [1.54, 1.807) is 29.6 Å². The number of nitrogens with zero attached hydrogens (tertiary/aromatic N) is 8. The van der Waals surface area contributed by atoms with Crippen molar-refractivity contribution >= 4 is 17.5 Å². The molecule has 0 amide bonds. The van der Waals surface area contributed by atoms with Crippen molar-refractivity contribution in [1.82, 2.24) is 39.3 Å². The van der Waals surface area contributed by atoms with Crippen LogP contribution in [0.3, 0.4) is 0 Å². The summed E-state index contributed by atoms with van der Waals surface area (Å²) >= 11 is 5.94. The highest BCUT2D eigenvalue weighted by Crippen LogP contribution is 2.16. The zero-order valence-electron chi connectivity index (χ0n) is 11.3. The van der Waals surface area contributed by atoms with Crippen molar-refractivity contribution in [3.63, 3.8) is 0 Å². The molecule has 0 aliphatic rings. The SMILES string of the molecule is CC(Nc1nc(Cl)nc(-n2ccnc2)n1)c1nncn1C. The lowest BCUT2D eigenvalue weighted by molar-refractivity contribution is 0.710. The van der Waals surface area contributed by atoms with Gasteiger partial charge in [-0.25, -0.2) is 4.98 Å². The fraction of sp³-hybridized carbons (Fsp3) is 0.273. The number of hydrogen-bond donors (Lipinski definition) is 1. The zero-order chi connectivity index (χ0) is 14.8. The minimum absolute atomic E-state index is 0.0985. The maximum atomic E-state index is 5.94. The molecule has 10 heteroatoms. The van der Waals surface area contributed by atoms with Crippen LogP contribution >= 0.6 is 11.6 Å². The monoisotopic (exact) mass is 305 g/mol. The Bertz CT molecular complexity index is 736. The maximum Gasteiger partial charge on any atom is 0.241 e. The topological polar surface area (TPSA) is 99.2 Å². The van der Waals surface area contributed by atoms with Gasteiger partial charge in [0.2, 0.25) is 17.2 Å². The molecule has 1 unspecified atom stereocenters. The molecule has 0 saturated heterocycles. The number of rotatable bonds is 4. The van der Waals surface area contributed by atoms with E-state index in [9.17, 15) is 0 Å². The van der Waals surface area contributed by atoms with Crippen LogP contribution in [0.5, 0.6) is 0 Å². The van der Waals surface area contributed by atoms with Crippen LogP contribution in [0.15, 0.2) is 25.0 Å². The van der Waals surface area contributed by atoms with E-state index in [2.05, 4.69) is 35.5 Å². The molecule has 1 atom stereocenters. The average Bonchev–Trinajstić information content (AvgIpc) is 3.08. The number of halogens is 1. The summed E-state index contributed by atoms with van der Waals surface area (Å²) in [6.07, 6.45) is 6.57. The first-order valence-electron chi connectivity index (χ1n) is 6.14. The van der Waals surface area contributed by atoms with E-state index in [-0.39, 0.29) is 11.3 Å². The lowest BCUT2D eigenvalue weighted by atomic mass is 10.3. The smallest absolute Gasteiger partial charge is 0.241 e. The van der Waals surface area contributed by atoms with Crippen LogP contribution in [0.2, 0.25) is 5.28 Å². The minimum Gasteiger partial charge on any atom is -0.344 e. The van der Waals surface area contributed by atoms with Gasteiger partial charge in [-0.3, -0.25) is 4.57 Å². The van der Waals surface area contributed by atoms with Crippen LogP contribution in [-0.2, 0) is 7.05 Å². The molecular weight excluding hydrogens is 294 g/mol. The van der Waals surface area contributed by atoms with Crippen molar-refractivity contribution in [1.29, 1.82) is 0 Å². The van der Waals surface area contributed by atoms with Crippen LogP contribution in [-0.4, -0.2) is 39.3 Å². The summed E-state index contributed by atoms with van der Waals surface area (Å²) in [6.45, 7) is 1.93. The Kier molecular flexibility index (Phi) is 3.48. The number of imidazole rings is 1. The van der Waals surface area contributed by atoms with Gasteiger partial charge < -0.3 is 9.88 Å². The van der Waals surface area contributed by atoms with Crippen molar-refractivity contribution in [2.45, 2.75) is 13.0 Å². The highest BCUT2D eigenvalue weighted by molar-refractivity contribution is 6.28. The van der Waals surface area contributed by atoms with Crippen LogP contribution in [0.25, 0.3) is 5.95 Å². The number of aryl methyl sites for hydroxylation is 1. The maximum absolute atomic E-state index is 5.94. The highest BCUT2D eigenvalue weighted by atomic mass is 35.5. The second-order valence-electron chi connectivity index (χ2n) is 4.36. The van der Waals surface area contributed by atoms with Gasteiger partial charge in [0.1, 0.15) is 12.7 Å². The van der Waals surface area contributed by atoms with Gasteiger partial charge in [-0.1, -0.05) is 0 Å². The molecule has 3 heterocycles. The molecule has 0 saturated carbocycles. The van der Waals surface area contributed by atoms with Gasteiger partial charge in [0, 0.05) is 19.4 Å². The van der Waals surface area contributed by atoms with Crippen molar-refractivity contribution in [3.8, 4) is 5.95 Å². The fourth-order valence-corrected chi connectivity index (χ4v) is 2.00. The summed E-state index contributed by atoms with van der Waals surface area (Å²) in [7, 11) is 1.87. The molecule has 0 radical (unpaired) electrons. The van der Waals surface area contributed by atoms with E-state index in [0.717, 1.165) is 5.82 Å². The van der Waals surface area contributed by atoms with E-state index < -0.39 is 0 Å². The molecule has 0 bridgehead atoms. The second-order valence-corrected chi connectivity index (χ2v) is 4.70. The first-order chi connectivity index (χ1) is 10.1. The Balaban J connectivity index is 1.87. The molecule has 0 aliphatic heterocycles. The first kappa shape index (κ1) is 13.4. The molecule has 0 aromatic carbocycles. The van der Waals surface area contributed by atoms with Gasteiger partial charge in [-0.15, -0.1) is 10.2 Å². The van der Waals surface area contributed by atoms with E-state index >= 15 is 0 Å². The van der Waals surface area contributed by atoms with Gasteiger partial charge in [-0.05, 0) is 18.5 Å². The lowest BCUT2D eigenvalue weighted by Gasteiger charge is -2.13. The Hall–Kier alpha value is -2.55. The molecule has 3 aromatic rings. The fourth-order valence-electron chi connectivity index (χ4n) is 1.84. The van der Waals surface area contributed by atoms with Crippen molar-refractivity contribution < 1.29 is 0 Å². The number of aromatic nitrogens is 8. The largest absolute Gasteiger partial charge is 0.344 e. The Morgan fingerprint density at radius 2 is 2.10 bits per heavy atom. The van der Waals surface area contributed by atoms with Crippen LogP contribution in [0.4, 0.5) is 5.95 Å². The van der Waals surface area contributed by atoms with E-state index in [0.29, 0.717) is 11.9 Å². The summed E-state index contributed by atoms with van der Waals surface area (Å²) in [6, 6.07) is -0.133. The summed E-state index contributed by atoms with van der Waals surface area (Å²) in [5.74, 6) is 1.50. The second kappa shape index (κ2) is 5.44. The van der Waals surface area contributed by atoms with Crippen molar-refractivity contribution in [2.75, 3.05) is 5.32 Å². The molecule has 108 valence electrons. The van der Waals surface area contributed by atoms with Crippen LogP contribution < -0.4 is 5.32 Å². The normalized spacial score (nSPS) is 12.3. The van der Waals surface area contributed by atoms with Crippen molar-refractivity contribution in [2.24, 2.45) is 7.05 Å². The Morgan fingerprint density at radius 3 is 2.76 bits per heavy atom. The van der Waals surface area contributed by atoms with Gasteiger partial charge in [0.05, 0.1) is 6.04 Å². The third-order valence-corrected chi connectivity index (χ3v) is 2.98. The minimum atomic E-state index is -0.133. The molecule has 0 fully saturated rings. The number of anilines is 1. The number of hydrogen-bond acceptors (Lipinski definition) is 7. The van der Waals surface area contributed by atoms with Crippen molar-refractivity contribution in [3.05, 3.63) is 36.2 Å². The molecule has 21 heavy (non-hydrogen) atoms. The van der Waals surface area contributed by atoms with Crippen LogP contribution in [0, 0.1) is 0 Å². The third-order valence-electron chi connectivity index (χ3n) is 2.81. The van der Waals surface area contributed by atoms with Gasteiger partial charge in [0.15, 0.2) is 5.82 Å². The van der Waals surface area contributed by atoms with E-state index in [4.69, 9.17) is 11.6 Å². The molecular formula is C11H12ClN9. The highest BCUT2D eigenvalue weighted by Gasteiger charge is 2.14. The predicted octanol–water partition coefficient (Wildman–Crippen LogP) is 1.01. The average molecular weight is 306 g/mol. The first-order valence-corrected chi connectivity index (χ1v) is 6.51. The van der Waals surface area contributed by atoms with Crippen LogP contribution in [0.1, 0.15) is 18.8 Å². The summed E-state index contributed by atoms with van der Waals surface area (Å²) < 4.78 is 3.46. The predicted molar refractivity (Wildman–Crippen MR) is 75.0 cm³/mol. The molecule has 0 spiro atoms. The Morgan fingerprint density at radius 1 is 1.24 bits per heavy atom. The van der Waals surface area contributed by atoms with Gasteiger partial charge in [0.25, 0.3) is 0 Å². The molecule has 0 aliphatic carbocycles. The zero-order valence-corrected chi connectivity index (χ0v) is 12.1. The third kappa shape index (κ3) is 2.82. The van der Waals surface area contributed by atoms with Gasteiger partial charge in [-0.2, -0.15) is 15.0 Å². The standard InChI is InChI=1S/C11H12ClN9/c1-7(8-19-14-6-20(8)2)15-10-16-9(12)17-11(18-10)21-4-3-13-5-21/h3-7H,1-2H3,(H,15,16,17,18). The molecule has 3 rings (SSSR count). The summed E-state index contributed by atoms with van der Waals surface area (Å²) in [5.41, 5.74) is 0. The molecule has 1 N–H and O–H groups in total. The quantitative estimate of drug-likeness (QED) is 0.768. The summed E-state index contributed by atoms with van der Waals surface area (Å²) in [4.78, 5) is 16.4. The number of nitrogens with one attached hydrogen (secondary N) is 1. The van der Waals surface area contributed by atoms with E-state index in [1.807, 2.05) is 18.5 Å². The molecule has 3 aromatic heterocycles. The molecule has 9 nitrogen and oxygen atoms in total. The Labute approximate surface area is 125 Å². The van der Waals surface area contributed by atoms with E-state index in [1.165, 1.54) is 0 Å². The van der Waals surface area contributed by atoms with Gasteiger partial charge >= 0.3 is 0 Å². The summed E-state index contributed by atoms with van der Waals surface area (Å²) in [5, 5.41) is 11.1.